The van der Waals surface area contributed by atoms with Gasteiger partial charge in [0.15, 0.2) is 0 Å². The fraction of sp³-hybridized carbons (Fsp3) is 0.0667. The molecule has 0 aliphatic carbocycles. The number of rotatable bonds is 3. The van der Waals surface area contributed by atoms with Gasteiger partial charge in [-0.1, -0.05) is 18.2 Å². The highest BCUT2D eigenvalue weighted by atomic mass is 32.2. The van der Waals surface area contributed by atoms with E-state index in [0.29, 0.717) is 11.3 Å². The number of nitrogens with two attached hydrogens (primary N) is 1. The molecule has 2 aromatic rings. The Kier molecular flexibility index (Phi) is 4.22. The molecule has 0 amide bonds. The molecule has 0 aliphatic rings. The quantitative estimate of drug-likeness (QED) is 0.685. The second-order valence-corrected chi connectivity index (χ2v) is 4.75. The van der Waals surface area contributed by atoms with E-state index in [1.807, 2.05) is 36.6 Å². The summed E-state index contributed by atoms with van der Waals surface area (Å²) in [6.07, 6.45) is 5.33. The number of aromatic nitrogens is 1. The predicted octanol–water partition coefficient (Wildman–Crippen LogP) is 3.15. The van der Waals surface area contributed by atoms with Gasteiger partial charge in [-0.05, 0) is 30.0 Å². The van der Waals surface area contributed by atoms with Gasteiger partial charge in [-0.2, -0.15) is 5.26 Å². The zero-order chi connectivity index (χ0) is 13.7. The van der Waals surface area contributed by atoms with E-state index < -0.39 is 0 Å². The van der Waals surface area contributed by atoms with Crippen molar-refractivity contribution < 1.29 is 0 Å². The first kappa shape index (κ1) is 13.2. The summed E-state index contributed by atoms with van der Waals surface area (Å²) < 4.78 is 0. The second kappa shape index (κ2) is 6.07. The first-order valence-electron chi connectivity index (χ1n) is 5.71. The number of nitriles is 1. The van der Waals surface area contributed by atoms with Crippen LogP contribution in [-0.2, 0) is 0 Å². The minimum Gasteiger partial charge on any atom is -0.397 e. The number of pyridine rings is 1. The lowest BCUT2D eigenvalue weighted by Crippen LogP contribution is -2.00. The smallest absolute Gasteiger partial charge is 0.102 e. The molecular weight excluding hydrogens is 254 g/mol. The van der Waals surface area contributed by atoms with Gasteiger partial charge < -0.3 is 5.73 Å². The Hall–Kier alpha value is -2.25. The van der Waals surface area contributed by atoms with Crippen LogP contribution in [0.4, 0.5) is 0 Å². The van der Waals surface area contributed by atoms with Crippen LogP contribution in [0.5, 0.6) is 0 Å². The van der Waals surface area contributed by atoms with Gasteiger partial charge in [0.1, 0.15) is 6.07 Å². The van der Waals surface area contributed by atoms with Crippen molar-refractivity contribution in [1.82, 2.24) is 4.98 Å². The first-order chi connectivity index (χ1) is 9.26. The summed E-state index contributed by atoms with van der Waals surface area (Å²) in [5.41, 5.74) is 8.60. The lowest BCUT2D eigenvalue weighted by atomic mass is 10.0. The molecule has 0 saturated carbocycles. The van der Waals surface area contributed by atoms with Crippen LogP contribution in [0.15, 0.2) is 53.7 Å². The molecule has 0 bridgehead atoms. The third-order valence-corrected chi connectivity index (χ3v) is 3.48. The number of hydrogen-bond acceptors (Lipinski definition) is 4. The summed E-state index contributed by atoms with van der Waals surface area (Å²) >= 11 is 1.67. The molecule has 19 heavy (non-hydrogen) atoms. The van der Waals surface area contributed by atoms with E-state index in [1.54, 1.807) is 30.2 Å². The number of benzene rings is 1. The molecule has 1 heterocycles. The van der Waals surface area contributed by atoms with Crippen molar-refractivity contribution in [1.29, 1.82) is 5.26 Å². The van der Waals surface area contributed by atoms with Crippen molar-refractivity contribution in [3.63, 3.8) is 0 Å². The van der Waals surface area contributed by atoms with Crippen molar-refractivity contribution in [3.05, 3.63) is 59.9 Å². The highest BCUT2D eigenvalue weighted by molar-refractivity contribution is 7.98. The third kappa shape index (κ3) is 2.95. The molecule has 0 fully saturated rings. The topological polar surface area (TPSA) is 62.7 Å². The van der Waals surface area contributed by atoms with Crippen LogP contribution < -0.4 is 5.73 Å². The number of hydrogen-bond donors (Lipinski definition) is 1. The van der Waals surface area contributed by atoms with E-state index in [1.165, 1.54) is 0 Å². The zero-order valence-corrected chi connectivity index (χ0v) is 11.3. The maximum atomic E-state index is 9.29. The summed E-state index contributed by atoms with van der Waals surface area (Å²) in [4.78, 5) is 5.18. The third-order valence-electron chi connectivity index (χ3n) is 2.73. The minimum absolute atomic E-state index is 0.449. The summed E-state index contributed by atoms with van der Waals surface area (Å²) in [6.45, 7) is 0. The van der Waals surface area contributed by atoms with E-state index in [2.05, 4.69) is 11.1 Å². The number of thioether (sulfide) groups is 1. The van der Waals surface area contributed by atoms with Crippen LogP contribution in [-0.4, -0.2) is 11.2 Å². The average Bonchev–Trinajstić information content (AvgIpc) is 2.49. The molecule has 1 aromatic heterocycles. The Balaban J connectivity index is 2.46. The van der Waals surface area contributed by atoms with Crippen LogP contribution in [0.25, 0.3) is 11.3 Å². The molecule has 0 radical (unpaired) electrons. The molecule has 2 N–H and O–H groups in total. The van der Waals surface area contributed by atoms with Crippen molar-refractivity contribution in [2.45, 2.75) is 4.90 Å². The highest BCUT2D eigenvalue weighted by Gasteiger charge is 2.08. The molecule has 0 saturated heterocycles. The SMILES string of the molecule is CSc1ccc(/C(N)=C(/C#N)c2cccnc2)cc1. The predicted molar refractivity (Wildman–Crippen MR) is 79.1 cm³/mol. The van der Waals surface area contributed by atoms with Gasteiger partial charge in [-0.15, -0.1) is 11.8 Å². The summed E-state index contributed by atoms with van der Waals surface area (Å²) in [5.74, 6) is 0. The van der Waals surface area contributed by atoms with Gasteiger partial charge in [0.05, 0.1) is 11.3 Å². The summed E-state index contributed by atoms with van der Waals surface area (Å²) in [7, 11) is 0. The zero-order valence-electron chi connectivity index (χ0n) is 10.5. The average molecular weight is 267 g/mol. The van der Waals surface area contributed by atoms with Gasteiger partial charge >= 0.3 is 0 Å². The second-order valence-electron chi connectivity index (χ2n) is 3.87. The fourth-order valence-electron chi connectivity index (χ4n) is 1.71. The largest absolute Gasteiger partial charge is 0.397 e. The molecule has 94 valence electrons. The molecule has 0 unspecified atom stereocenters. The molecule has 3 nitrogen and oxygen atoms in total. The van der Waals surface area contributed by atoms with Crippen molar-refractivity contribution >= 4 is 23.0 Å². The number of allylic oxidation sites excluding steroid dienone is 1. The van der Waals surface area contributed by atoms with Gasteiger partial charge in [0.25, 0.3) is 0 Å². The van der Waals surface area contributed by atoms with Gasteiger partial charge in [-0.3, -0.25) is 4.98 Å². The van der Waals surface area contributed by atoms with Crippen LogP contribution >= 0.6 is 11.8 Å². The van der Waals surface area contributed by atoms with Gasteiger partial charge in [0.2, 0.25) is 0 Å². The molecule has 0 atom stereocenters. The van der Waals surface area contributed by atoms with E-state index in [4.69, 9.17) is 5.73 Å². The van der Waals surface area contributed by atoms with Crippen LogP contribution in [0.2, 0.25) is 0 Å². The standard InChI is InChI=1S/C15H13N3S/c1-19-13-6-4-11(5-7-13)15(17)14(9-16)12-3-2-8-18-10-12/h2-8,10H,17H2,1H3/b15-14+. The molecule has 2 rings (SSSR count). The molecule has 0 spiro atoms. The normalized spacial score (nSPS) is 11.6. The van der Waals surface area contributed by atoms with Crippen LogP contribution in [0, 0.1) is 11.3 Å². The molecular formula is C15H13N3S. The lowest BCUT2D eigenvalue weighted by Gasteiger charge is -2.06. The monoisotopic (exact) mass is 267 g/mol. The Labute approximate surface area is 116 Å². The van der Waals surface area contributed by atoms with E-state index >= 15 is 0 Å². The van der Waals surface area contributed by atoms with Gasteiger partial charge in [-0.25, -0.2) is 0 Å². The summed E-state index contributed by atoms with van der Waals surface area (Å²) in [5, 5.41) is 9.29. The minimum atomic E-state index is 0.449. The van der Waals surface area contributed by atoms with Gasteiger partial charge in [0, 0.05) is 22.9 Å². The van der Waals surface area contributed by atoms with E-state index in [0.717, 1.165) is 16.0 Å². The maximum absolute atomic E-state index is 9.29. The Morgan fingerprint density at radius 3 is 2.47 bits per heavy atom. The maximum Gasteiger partial charge on any atom is 0.102 e. The fourth-order valence-corrected chi connectivity index (χ4v) is 2.11. The lowest BCUT2D eigenvalue weighted by molar-refractivity contribution is 1.31. The van der Waals surface area contributed by atoms with Crippen molar-refractivity contribution in [2.24, 2.45) is 5.73 Å². The van der Waals surface area contributed by atoms with Crippen LogP contribution in [0.1, 0.15) is 11.1 Å². The van der Waals surface area contributed by atoms with E-state index in [9.17, 15) is 5.26 Å². The number of nitrogens with zero attached hydrogens (tertiary/aromatic N) is 2. The Morgan fingerprint density at radius 2 is 1.95 bits per heavy atom. The first-order valence-corrected chi connectivity index (χ1v) is 6.93. The van der Waals surface area contributed by atoms with Crippen molar-refractivity contribution in [2.75, 3.05) is 6.26 Å². The Morgan fingerprint density at radius 1 is 1.21 bits per heavy atom. The van der Waals surface area contributed by atoms with Crippen LogP contribution in [0.3, 0.4) is 0 Å². The molecule has 4 heteroatoms. The molecule has 0 aliphatic heterocycles. The Bertz CT molecular complexity index is 625. The molecule has 1 aromatic carbocycles. The highest BCUT2D eigenvalue weighted by Crippen LogP contribution is 2.23. The van der Waals surface area contributed by atoms with E-state index in [-0.39, 0.29) is 0 Å². The van der Waals surface area contributed by atoms with Crippen molar-refractivity contribution in [3.8, 4) is 6.07 Å². The summed E-state index contributed by atoms with van der Waals surface area (Å²) in [6, 6.07) is 13.6.